The summed E-state index contributed by atoms with van der Waals surface area (Å²) in [7, 11) is 1.60. The van der Waals surface area contributed by atoms with Crippen LogP contribution >= 0.6 is 0 Å². The van der Waals surface area contributed by atoms with Crippen LogP contribution in [0.5, 0.6) is 5.75 Å². The molecule has 0 unspecified atom stereocenters. The summed E-state index contributed by atoms with van der Waals surface area (Å²) in [5, 5.41) is 4.20. The fraction of sp³-hybridized carbons (Fsp3) is 0.261. The van der Waals surface area contributed by atoms with E-state index in [4.69, 9.17) is 4.74 Å². The van der Waals surface area contributed by atoms with Gasteiger partial charge >= 0.3 is 0 Å². The molecule has 0 aliphatic carbocycles. The monoisotopic (exact) mass is 404 g/mol. The Morgan fingerprint density at radius 3 is 1.87 bits per heavy atom. The highest BCUT2D eigenvalue weighted by Crippen LogP contribution is 2.16. The highest BCUT2D eigenvalue weighted by Gasteiger charge is 2.25. The molecule has 1 fully saturated rings. The van der Waals surface area contributed by atoms with Gasteiger partial charge in [0, 0.05) is 49.7 Å². The lowest BCUT2D eigenvalue weighted by atomic mass is 10.1. The van der Waals surface area contributed by atoms with Crippen LogP contribution in [0.1, 0.15) is 26.3 Å². The fourth-order valence-corrected chi connectivity index (χ4v) is 3.55. The van der Waals surface area contributed by atoms with Crippen LogP contribution in [-0.2, 0) is 6.54 Å². The van der Waals surface area contributed by atoms with E-state index in [1.165, 1.54) is 0 Å². The van der Waals surface area contributed by atoms with E-state index >= 15 is 0 Å². The lowest BCUT2D eigenvalue weighted by Crippen LogP contribution is -2.50. The molecular weight excluding hydrogens is 380 g/mol. The second kappa shape index (κ2) is 8.82. The summed E-state index contributed by atoms with van der Waals surface area (Å²) in [6.45, 7) is 2.76. The average molecular weight is 404 g/mol. The van der Waals surface area contributed by atoms with Crippen molar-refractivity contribution in [2.45, 2.75) is 6.54 Å². The van der Waals surface area contributed by atoms with Crippen molar-refractivity contribution in [3.8, 4) is 5.75 Å². The Balaban J connectivity index is 1.33. The van der Waals surface area contributed by atoms with E-state index in [1.54, 1.807) is 47.4 Å². The highest BCUT2D eigenvalue weighted by molar-refractivity contribution is 5.96. The lowest BCUT2D eigenvalue weighted by Gasteiger charge is -2.35. The molecule has 1 aromatic heterocycles. The van der Waals surface area contributed by atoms with Gasteiger partial charge in [-0.2, -0.15) is 5.10 Å². The molecule has 4 rings (SSSR count). The van der Waals surface area contributed by atoms with Crippen molar-refractivity contribution in [2.24, 2.45) is 0 Å². The lowest BCUT2D eigenvalue weighted by molar-refractivity contribution is 0.0535. The molecule has 2 heterocycles. The maximum Gasteiger partial charge on any atom is 0.253 e. The first-order chi connectivity index (χ1) is 14.6. The molecule has 1 aliphatic heterocycles. The third-order valence-corrected chi connectivity index (χ3v) is 5.30. The van der Waals surface area contributed by atoms with Crippen LogP contribution in [0.25, 0.3) is 0 Å². The summed E-state index contributed by atoms with van der Waals surface area (Å²) in [6.07, 6.45) is 3.66. The van der Waals surface area contributed by atoms with Crippen LogP contribution in [0.4, 0.5) is 0 Å². The van der Waals surface area contributed by atoms with Crippen molar-refractivity contribution in [1.29, 1.82) is 0 Å². The minimum absolute atomic E-state index is 0.00261. The summed E-state index contributed by atoms with van der Waals surface area (Å²) in [5.74, 6) is 0.697. The minimum atomic E-state index is -0.0206. The predicted octanol–water partition coefficient (Wildman–Crippen LogP) is 2.54. The number of hydrogen-bond acceptors (Lipinski definition) is 4. The normalized spacial score (nSPS) is 13.9. The Hall–Kier alpha value is -3.61. The molecule has 30 heavy (non-hydrogen) atoms. The molecule has 2 amide bonds. The molecule has 0 saturated carbocycles. The Morgan fingerprint density at radius 1 is 0.867 bits per heavy atom. The van der Waals surface area contributed by atoms with Gasteiger partial charge in [-0.05, 0) is 48.0 Å². The first kappa shape index (κ1) is 19.7. The van der Waals surface area contributed by atoms with Crippen molar-refractivity contribution in [2.75, 3.05) is 33.3 Å². The Labute approximate surface area is 175 Å². The van der Waals surface area contributed by atoms with Crippen LogP contribution in [0.15, 0.2) is 67.0 Å². The summed E-state index contributed by atoms with van der Waals surface area (Å²) in [6, 6.07) is 16.6. The maximum absolute atomic E-state index is 12.8. The van der Waals surface area contributed by atoms with Gasteiger partial charge in [0.05, 0.1) is 13.7 Å². The van der Waals surface area contributed by atoms with E-state index in [1.807, 2.05) is 41.2 Å². The molecule has 154 valence electrons. The molecule has 0 spiro atoms. The predicted molar refractivity (Wildman–Crippen MR) is 113 cm³/mol. The molecule has 7 heteroatoms. The molecule has 1 aliphatic rings. The van der Waals surface area contributed by atoms with Crippen LogP contribution in [-0.4, -0.2) is 64.7 Å². The van der Waals surface area contributed by atoms with E-state index in [0.29, 0.717) is 43.9 Å². The maximum atomic E-state index is 12.8. The van der Waals surface area contributed by atoms with Crippen LogP contribution in [0, 0.1) is 0 Å². The number of nitrogens with zero attached hydrogens (tertiary/aromatic N) is 4. The molecule has 0 atom stereocenters. The highest BCUT2D eigenvalue weighted by atomic mass is 16.5. The number of hydrogen-bond donors (Lipinski definition) is 0. The molecule has 0 N–H and O–H groups in total. The second-order valence-corrected chi connectivity index (χ2v) is 7.21. The molecule has 3 aromatic rings. The Morgan fingerprint density at radius 2 is 1.40 bits per heavy atom. The van der Waals surface area contributed by atoms with Crippen LogP contribution in [0.3, 0.4) is 0 Å². The van der Waals surface area contributed by atoms with Gasteiger partial charge < -0.3 is 14.5 Å². The zero-order valence-corrected chi connectivity index (χ0v) is 16.9. The van der Waals surface area contributed by atoms with Crippen molar-refractivity contribution in [3.63, 3.8) is 0 Å². The summed E-state index contributed by atoms with van der Waals surface area (Å²) >= 11 is 0. The zero-order valence-electron chi connectivity index (χ0n) is 16.9. The topological polar surface area (TPSA) is 67.7 Å². The van der Waals surface area contributed by atoms with E-state index in [9.17, 15) is 9.59 Å². The molecular formula is C23H24N4O3. The largest absolute Gasteiger partial charge is 0.497 e. The fourth-order valence-electron chi connectivity index (χ4n) is 3.55. The smallest absolute Gasteiger partial charge is 0.253 e. The molecule has 1 saturated heterocycles. The standard InChI is InChI=1S/C23H24N4O3/c1-30-21-9-7-20(8-10-21)23(29)26-15-13-25(14-16-26)22(28)19-5-3-18(4-6-19)17-27-12-2-11-24-27/h2-12H,13-17H2,1H3. The number of rotatable bonds is 5. The van der Waals surface area contributed by atoms with E-state index < -0.39 is 0 Å². The minimum Gasteiger partial charge on any atom is -0.497 e. The van der Waals surface area contributed by atoms with E-state index in [-0.39, 0.29) is 11.8 Å². The Bertz CT molecular complexity index is 990. The third kappa shape index (κ3) is 4.35. The van der Waals surface area contributed by atoms with Gasteiger partial charge in [-0.1, -0.05) is 12.1 Å². The SMILES string of the molecule is COc1ccc(C(=O)N2CCN(C(=O)c3ccc(Cn4cccn4)cc3)CC2)cc1. The number of methoxy groups -OCH3 is 1. The third-order valence-electron chi connectivity index (χ3n) is 5.30. The number of piperazine rings is 1. The second-order valence-electron chi connectivity index (χ2n) is 7.21. The van der Waals surface area contributed by atoms with E-state index in [2.05, 4.69) is 5.10 Å². The quantitative estimate of drug-likeness (QED) is 0.655. The number of carbonyl (C=O) groups is 2. The van der Waals surface area contributed by atoms with Gasteiger partial charge in [0.15, 0.2) is 0 Å². The molecule has 2 aromatic carbocycles. The zero-order chi connectivity index (χ0) is 20.9. The van der Waals surface area contributed by atoms with Gasteiger partial charge in [0.2, 0.25) is 0 Å². The number of aromatic nitrogens is 2. The van der Waals surface area contributed by atoms with Gasteiger partial charge in [0.25, 0.3) is 11.8 Å². The average Bonchev–Trinajstić information content (AvgIpc) is 3.32. The number of carbonyl (C=O) groups excluding carboxylic acids is 2. The molecule has 7 nitrogen and oxygen atoms in total. The van der Waals surface area contributed by atoms with Gasteiger partial charge in [-0.25, -0.2) is 0 Å². The summed E-state index contributed by atoms with van der Waals surface area (Å²) in [5.41, 5.74) is 2.38. The van der Waals surface area contributed by atoms with Crippen LogP contribution in [0.2, 0.25) is 0 Å². The van der Waals surface area contributed by atoms with Crippen molar-refractivity contribution in [1.82, 2.24) is 19.6 Å². The molecule has 0 bridgehead atoms. The Kier molecular flexibility index (Phi) is 5.79. The van der Waals surface area contributed by atoms with Gasteiger partial charge in [-0.15, -0.1) is 0 Å². The first-order valence-electron chi connectivity index (χ1n) is 9.93. The van der Waals surface area contributed by atoms with Crippen LogP contribution < -0.4 is 4.74 Å². The first-order valence-corrected chi connectivity index (χ1v) is 9.93. The van der Waals surface area contributed by atoms with Crippen molar-refractivity contribution in [3.05, 3.63) is 83.7 Å². The summed E-state index contributed by atoms with van der Waals surface area (Å²) < 4.78 is 6.98. The number of ether oxygens (including phenoxy) is 1. The molecule has 0 radical (unpaired) electrons. The van der Waals surface area contributed by atoms with E-state index in [0.717, 1.165) is 11.3 Å². The number of amides is 2. The van der Waals surface area contributed by atoms with Crippen molar-refractivity contribution >= 4 is 11.8 Å². The number of benzene rings is 2. The van der Waals surface area contributed by atoms with Crippen molar-refractivity contribution < 1.29 is 14.3 Å². The van der Waals surface area contributed by atoms with Gasteiger partial charge in [-0.3, -0.25) is 14.3 Å². The summed E-state index contributed by atoms with van der Waals surface area (Å²) in [4.78, 5) is 29.1. The van der Waals surface area contributed by atoms with Gasteiger partial charge in [0.1, 0.15) is 5.75 Å².